The molecule has 1 aliphatic heterocycles. The van der Waals surface area contributed by atoms with Gasteiger partial charge in [-0.15, -0.1) is 11.3 Å². The second-order valence-corrected chi connectivity index (χ2v) is 9.26. The molecule has 0 radical (unpaired) electrons. The average Bonchev–Trinajstić information content (AvgIpc) is 3.24. The largest absolute Gasteiger partial charge is 0.478 e. The van der Waals surface area contributed by atoms with E-state index < -0.39 is 16.0 Å². The van der Waals surface area contributed by atoms with Gasteiger partial charge in [0.05, 0.1) is 5.57 Å². The summed E-state index contributed by atoms with van der Waals surface area (Å²) < 4.78 is 26.9. The van der Waals surface area contributed by atoms with Gasteiger partial charge in [-0.1, -0.05) is 29.8 Å². The van der Waals surface area contributed by atoms with Crippen molar-refractivity contribution in [2.45, 2.75) is 24.0 Å². The van der Waals surface area contributed by atoms with E-state index in [1.165, 1.54) is 10.4 Å². The molecule has 132 valence electrons. The minimum absolute atomic E-state index is 0.0958. The van der Waals surface area contributed by atoms with Crippen molar-refractivity contribution in [3.63, 3.8) is 0 Å². The van der Waals surface area contributed by atoms with Crippen LogP contribution in [-0.2, 0) is 14.8 Å². The fourth-order valence-electron chi connectivity index (χ4n) is 2.82. The molecule has 2 heterocycles. The van der Waals surface area contributed by atoms with E-state index in [-0.39, 0.29) is 9.78 Å². The topological polar surface area (TPSA) is 74.7 Å². The number of sulfonamides is 1. The number of rotatable bonds is 5. The fraction of sp³-hybridized carbons (Fsp3) is 0.278. The van der Waals surface area contributed by atoms with E-state index in [0.29, 0.717) is 18.0 Å². The van der Waals surface area contributed by atoms with Crippen molar-refractivity contribution in [3.05, 3.63) is 52.4 Å². The molecule has 1 N–H and O–H groups in total. The Morgan fingerprint density at radius 1 is 1.20 bits per heavy atom. The van der Waals surface area contributed by atoms with E-state index in [4.69, 9.17) is 0 Å². The van der Waals surface area contributed by atoms with Crippen LogP contribution in [0.1, 0.15) is 28.8 Å². The number of aliphatic carboxylic acids is 1. The summed E-state index contributed by atoms with van der Waals surface area (Å²) >= 11 is 1.01. The Bertz CT molecular complexity index is 922. The third-order valence-corrected chi connectivity index (χ3v) is 7.57. The van der Waals surface area contributed by atoms with Gasteiger partial charge in [0.1, 0.15) is 4.21 Å². The van der Waals surface area contributed by atoms with Crippen LogP contribution < -0.4 is 0 Å². The lowest BCUT2D eigenvalue weighted by Gasteiger charge is -2.13. The van der Waals surface area contributed by atoms with Crippen LogP contribution in [0, 0.1) is 6.92 Å². The Morgan fingerprint density at radius 3 is 2.56 bits per heavy atom. The molecule has 1 saturated heterocycles. The van der Waals surface area contributed by atoms with Gasteiger partial charge < -0.3 is 5.11 Å². The minimum atomic E-state index is -3.52. The van der Waals surface area contributed by atoms with E-state index in [0.717, 1.165) is 35.3 Å². The Morgan fingerprint density at radius 2 is 1.92 bits per heavy atom. The number of thiophene rings is 1. The lowest BCUT2D eigenvalue weighted by Crippen LogP contribution is -2.27. The lowest BCUT2D eigenvalue weighted by atomic mass is 10.1. The maximum absolute atomic E-state index is 12.6. The first-order chi connectivity index (χ1) is 11.9. The van der Waals surface area contributed by atoms with Gasteiger partial charge in [-0.25, -0.2) is 13.2 Å². The summed E-state index contributed by atoms with van der Waals surface area (Å²) in [6.07, 6.45) is 3.31. The highest BCUT2D eigenvalue weighted by atomic mass is 32.2. The normalized spacial score (nSPS) is 16.3. The highest BCUT2D eigenvalue weighted by Gasteiger charge is 2.29. The molecule has 5 nitrogen and oxygen atoms in total. The number of hydrogen-bond acceptors (Lipinski definition) is 4. The zero-order valence-electron chi connectivity index (χ0n) is 13.8. The van der Waals surface area contributed by atoms with Gasteiger partial charge in [0, 0.05) is 18.0 Å². The summed E-state index contributed by atoms with van der Waals surface area (Å²) in [6.45, 7) is 2.99. The first-order valence-electron chi connectivity index (χ1n) is 8.00. The van der Waals surface area contributed by atoms with E-state index in [9.17, 15) is 18.3 Å². The van der Waals surface area contributed by atoms with Gasteiger partial charge in [0.15, 0.2) is 0 Å². The summed E-state index contributed by atoms with van der Waals surface area (Å²) in [5, 5.41) is 9.56. The van der Waals surface area contributed by atoms with Crippen LogP contribution in [0.25, 0.3) is 11.6 Å². The zero-order chi connectivity index (χ0) is 18.0. The second kappa shape index (κ2) is 7.11. The molecule has 1 aliphatic rings. The molecule has 0 saturated carbocycles. The van der Waals surface area contributed by atoms with Crippen molar-refractivity contribution in [1.29, 1.82) is 0 Å². The maximum Gasteiger partial charge on any atom is 0.337 e. The van der Waals surface area contributed by atoms with Gasteiger partial charge >= 0.3 is 5.97 Å². The number of hydrogen-bond donors (Lipinski definition) is 1. The zero-order valence-corrected chi connectivity index (χ0v) is 15.4. The molecule has 0 amide bonds. The van der Waals surface area contributed by atoms with E-state index in [1.54, 1.807) is 12.1 Å². The van der Waals surface area contributed by atoms with Crippen LogP contribution in [0.2, 0.25) is 0 Å². The number of carboxylic acids is 1. The van der Waals surface area contributed by atoms with E-state index >= 15 is 0 Å². The lowest BCUT2D eigenvalue weighted by molar-refractivity contribution is -0.130. The van der Waals surface area contributed by atoms with Crippen molar-refractivity contribution >= 4 is 39.0 Å². The average molecular weight is 377 g/mol. The van der Waals surface area contributed by atoms with Crippen LogP contribution in [0.5, 0.6) is 0 Å². The molecule has 0 bridgehead atoms. The van der Waals surface area contributed by atoms with Gasteiger partial charge in [-0.2, -0.15) is 4.31 Å². The highest BCUT2D eigenvalue weighted by molar-refractivity contribution is 7.91. The van der Waals surface area contributed by atoms with Crippen LogP contribution >= 0.6 is 11.3 Å². The predicted octanol–water partition coefficient (Wildman–Crippen LogP) is 3.47. The number of nitrogens with zero attached hydrogens (tertiary/aromatic N) is 1. The monoisotopic (exact) mass is 377 g/mol. The van der Waals surface area contributed by atoms with Crippen molar-refractivity contribution in [3.8, 4) is 0 Å². The molecular weight excluding hydrogens is 358 g/mol. The molecule has 7 heteroatoms. The number of carboxylic acid groups (broad SMARTS) is 1. The fourth-order valence-corrected chi connectivity index (χ4v) is 5.81. The van der Waals surface area contributed by atoms with E-state index in [2.05, 4.69) is 0 Å². The Hall–Kier alpha value is -1.96. The predicted molar refractivity (Wildman–Crippen MR) is 99.0 cm³/mol. The first kappa shape index (κ1) is 17.8. The van der Waals surface area contributed by atoms with Crippen molar-refractivity contribution in [1.82, 2.24) is 4.31 Å². The summed E-state index contributed by atoms with van der Waals surface area (Å²) in [6, 6.07) is 10.6. The molecule has 1 aromatic carbocycles. The van der Waals surface area contributed by atoms with Gasteiger partial charge in [-0.3, -0.25) is 0 Å². The number of aryl methyl sites for hydroxylation is 1. The first-order valence-corrected chi connectivity index (χ1v) is 10.3. The highest BCUT2D eigenvalue weighted by Crippen LogP contribution is 2.32. The Kier molecular flexibility index (Phi) is 5.08. The number of carbonyl (C=O) groups is 1. The summed E-state index contributed by atoms with van der Waals surface area (Å²) in [5.74, 6) is -1.08. The summed E-state index contributed by atoms with van der Waals surface area (Å²) in [7, 11) is -3.52. The molecule has 2 aromatic rings. The summed E-state index contributed by atoms with van der Waals surface area (Å²) in [5.41, 5.74) is 1.90. The molecule has 0 aliphatic carbocycles. The van der Waals surface area contributed by atoms with Crippen molar-refractivity contribution < 1.29 is 18.3 Å². The second-order valence-electron chi connectivity index (χ2n) is 6.01. The summed E-state index contributed by atoms with van der Waals surface area (Å²) in [4.78, 5) is 12.1. The van der Waals surface area contributed by atoms with Crippen LogP contribution in [0.3, 0.4) is 0 Å². The van der Waals surface area contributed by atoms with Gasteiger partial charge in [0.2, 0.25) is 0 Å². The smallest absolute Gasteiger partial charge is 0.337 e. The molecular formula is C18H19NO4S2. The van der Waals surface area contributed by atoms with Crippen LogP contribution in [0.15, 0.2) is 40.6 Å². The molecule has 0 unspecified atom stereocenters. The van der Waals surface area contributed by atoms with Crippen LogP contribution in [-0.4, -0.2) is 36.9 Å². The third kappa shape index (κ3) is 3.84. The van der Waals surface area contributed by atoms with Crippen LogP contribution in [0.4, 0.5) is 0 Å². The molecule has 1 aromatic heterocycles. The molecule has 0 atom stereocenters. The Balaban J connectivity index is 1.97. The van der Waals surface area contributed by atoms with Gasteiger partial charge in [-0.05, 0) is 43.5 Å². The third-order valence-electron chi connectivity index (χ3n) is 4.09. The van der Waals surface area contributed by atoms with E-state index in [1.807, 2.05) is 31.2 Å². The molecule has 25 heavy (non-hydrogen) atoms. The van der Waals surface area contributed by atoms with Crippen molar-refractivity contribution in [2.75, 3.05) is 13.1 Å². The standard InChI is InChI=1S/C18H19NO4S2/c1-13-5-4-6-14(11-13)12-15(18(20)21)16-7-8-17(24-16)25(22,23)19-9-2-3-10-19/h4-8,11-12H,2-3,9-10H2,1H3,(H,20,21)/b15-12-. The van der Waals surface area contributed by atoms with Crippen molar-refractivity contribution in [2.24, 2.45) is 0 Å². The maximum atomic E-state index is 12.6. The number of benzene rings is 1. The molecule has 1 fully saturated rings. The SMILES string of the molecule is Cc1cccc(/C=C(\C(=O)O)c2ccc(S(=O)(=O)N3CCCC3)s2)c1. The Labute approximate surface area is 151 Å². The quantitative estimate of drug-likeness (QED) is 0.810. The molecule has 3 rings (SSSR count). The molecule has 0 spiro atoms. The minimum Gasteiger partial charge on any atom is -0.478 e. The van der Waals surface area contributed by atoms with Gasteiger partial charge in [0.25, 0.3) is 10.0 Å².